The van der Waals surface area contributed by atoms with E-state index < -0.39 is 17.8 Å². The van der Waals surface area contributed by atoms with Gasteiger partial charge in [-0.25, -0.2) is 4.39 Å². The van der Waals surface area contributed by atoms with Crippen molar-refractivity contribution in [3.63, 3.8) is 0 Å². The molecule has 0 unspecified atom stereocenters. The summed E-state index contributed by atoms with van der Waals surface area (Å²) in [7, 11) is 0. The van der Waals surface area contributed by atoms with E-state index in [1.807, 2.05) is 25.1 Å². The first-order valence-corrected chi connectivity index (χ1v) is 6.55. The smallest absolute Gasteiger partial charge is 0.265 e. The number of anilines is 2. The number of hydrogen-bond donors (Lipinski definition) is 2. The number of carbonyl (C=O) groups is 1. The van der Waals surface area contributed by atoms with E-state index >= 15 is 0 Å². The number of nitrogens with two attached hydrogens (primary N) is 1. The SMILES string of the molecule is Cc1cccc(O[C@@H](C)C(=O)Nc2cc(N)ccc2F)c1. The van der Waals surface area contributed by atoms with E-state index in [9.17, 15) is 9.18 Å². The lowest BCUT2D eigenvalue weighted by Gasteiger charge is -2.15. The molecule has 0 spiro atoms. The molecule has 5 heteroatoms. The summed E-state index contributed by atoms with van der Waals surface area (Å²) < 4.78 is 19.1. The van der Waals surface area contributed by atoms with Crippen LogP contribution in [0, 0.1) is 12.7 Å². The van der Waals surface area contributed by atoms with Gasteiger partial charge >= 0.3 is 0 Å². The van der Waals surface area contributed by atoms with Crippen LogP contribution in [0.1, 0.15) is 12.5 Å². The van der Waals surface area contributed by atoms with Gasteiger partial charge in [0.1, 0.15) is 11.6 Å². The second kappa shape index (κ2) is 6.26. The lowest BCUT2D eigenvalue weighted by Crippen LogP contribution is -2.30. The molecule has 0 bridgehead atoms. The van der Waals surface area contributed by atoms with Crippen LogP contribution in [0.5, 0.6) is 5.75 Å². The number of benzene rings is 2. The van der Waals surface area contributed by atoms with E-state index in [1.165, 1.54) is 18.2 Å². The molecular formula is C16H17FN2O2. The number of nitrogen functional groups attached to an aromatic ring is 1. The molecule has 110 valence electrons. The summed E-state index contributed by atoms with van der Waals surface area (Å²) in [6.45, 7) is 3.53. The molecule has 0 saturated heterocycles. The van der Waals surface area contributed by atoms with Crippen LogP contribution in [0.3, 0.4) is 0 Å². The van der Waals surface area contributed by atoms with Crippen molar-refractivity contribution in [3.8, 4) is 5.75 Å². The third kappa shape index (κ3) is 3.95. The molecule has 0 aliphatic heterocycles. The largest absolute Gasteiger partial charge is 0.481 e. The normalized spacial score (nSPS) is 11.8. The molecule has 0 aliphatic rings. The number of carbonyl (C=O) groups excluding carboxylic acids is 1. The molecule has 21 heavy (non-hydrogen) atoms. The minimum Gasteiger partial charge on any atom is -0.481 e. The lowest BCUT2D eigenvalue weighted by molar-refractivity contribution is -0.122. The summed E-state index contributed by atoms with van der Waals surface area (Å²) >= 11 is 0. The number of rotatable bonds is 4. The van der Waals surface area contributed by atoms with Gasteiger partial charge in [-0.1, -0.05) is 12.1 Å². The van der Waals surface area contributed by atoms with Crippen molar-refractivity contribution in [2.45, 2.75) is 20.0 Å². The lowest BCUT2D eigenvalue weighted by atomic mass is 10.2. The molecule has 0 radical (unpaired) electrons. The highest BCUT2D eigenvalue weighted by molar-refractivity contribution is 5.94. The summed E-state index contributed by atoms with van der Waals surface area (Å²) in [5.41, 5.74) is 7.02. The Morgan fingerprint density at radius 1 is 1.29 bits per heavy atom. The fourth-order valence-electron chi connectivity index (χ4n) is 1.82. The van der Waals surface area contributed by atoms with Crippen molar-refractivity contribution in [2.24, 2.45) is 0 Å². The van der Waals surface area contributed by atoms with Crippen LogP contribution in [-0.4, -0.2) is 12.0 Å². The van der Waals surface area contributed by atoms with Crippen LogP contribution < -0.4 is 15.8 Å². The van der Waals surface area contributed by atoms with Crippen molar-refractivity contribution in [2.75, 3.05) is 11.1 Å². The summed E-state index contributed by atoms with van der Waals surface area (Å²) in [6.07, 6.45) is -0.757. The molecule has 2 aromatic rings. The molecule has 2 aromatic carbocycles. The zero-order valence-corrected chi connectivity index (χ0v) is 11.9. The monoisotopic (exact) mass is 288 g/mol. The van der Waals surface area contributed by atoms with Gasteiger partial charge < -0.3 is 15.8 Å². The van der Waals surface area contributed by atoms with Crippen molar-refractivity contribution >= 4 is 17.3 Å². The minimum absolute atomic E-state index is 0.0414. The summed E-state index contributed by atoms with van der Waals surface area (Å²) in [5.74, 6) is -0.396. The van der Waals surface area contributed by atoms with E-state index in [0.717, 1.165) is 5.56 Å². The second-order valence-corrected chi connectivity index (χ2v) is 4.81. The third-order valence-electron chi connectivity index (χ3n) is 2.92. The Morgan fingerprint density at radius 2 is 2.05 bits per heavy atom. The van der Waals surface area contributed by atoms with Gasteiger partial charge in [-0.15, -0.1) is 0 Å². The first-order chi connectivity index (χ1) is 9.95. The average Bonchev–Trinajstić information content (AvgIpc) is 2.43. The van der Waals surface area contributed by atoms with Crippen LogP contribution in [0.4, 0.5) is 15.8 Å². The van der Waals surface area contributed by atoms with Crippen LogP contribution in [0.15, 0.2) is 42.5 Å². The Labute approximate surface area is 122 Å². The van der Waals surface area contributed by atoms with Gasteiger partial charge in [-0.3, -0.25) is 4.79 Å². The highest BCUT2D eigenvalue weighted by atomic mass is 19.1. The number of amides is 1. The molecule has 0 heterocycles. The van der Waals surface area contributed by atoms with Crippen LogP contribution >= 0.6 is 0 Å². The average molecular weight is 288 g/mol. The fourth-order valence-corrected chi connectivity index (χ4v) is 1.82. The quantitative estimate of drug-likeness (QED) is 0.850. The van der Waals surface area contributed by atoms with Gasteiger partial charge in [0.05, 0.1) is 5.69 Å². The van der Waals surface area contributed by atoms with E-state index in [1.54, 1.807) is 13.0 Å². The Hall–Kier alpha value is -2.56. The zero-order chi connectivity index (χ0) is 15.4. The molecule has 4 nitrogen and oxygen atoms in total. The predicted molar refractivity (Wildman–Crippen MR) is 80.7 cm³/mol. The minimum atomic E-state index is -0.757. The molecule has 1 atom stereocenters. The zero-order valence-electron chi connectivity index (χ0n) is 11.9. The van der Waals surface area contributed by atoms with Crippen molar-refractivity contribution < 1.29 is 13.9 Å². The predicted octanol–water partition coefficient (Wildman–Crippen LogP) is 3.12. The first-order valence-electron chi connectivity index (χ1n) is 6.55. The summed E-state index contributed by atoms with van der Waals surface area (Å²) in [5, 5.41) is 2.47. The van der Waals surface area contributed by atoms with E-state index in [0.29, 0.717) is 11.4 Å². The third-order valence-corrected chi connectivity index (χ3v) is 2.92. The van der Waals surface area contributed by atoms with Gasteiger partial charge in [0.25, 0.3) is 5.91 Å². The van der Waals surface area contributed by atoms with Crippen molar-refractivity contribution in [1.82, 2.24) is 0 Å². The Kier molecular flexibility index (Phi) is 4.42. The Bertz CT molecular complexity index is 658. The summed E-state index contributed by atoms with van der Waals surface area (Å²) in [4.78, 5) is 12.0. The molecule has 3 N–H and O–H groups in total. The molecule has 1 amide bonds. The Balaban J connectivity index is 2.04. The Morgan fingerprint density at radius 3 is 2.76 bits per heavy atom. The molecule has 0 aliphatic carbocycles. The van der Waals surface area contributed by atoms with Gasteiger partial charge in [-0.2, -0.15) is 0 Å². The maximum atomic E-state index is 13.6. The van der Waals surface area contributed by atoms with Crippen molar-refractivity contribution in [3.05, 3.63) is 53.8 Å². The maximum absolute atomic E-state index is 13.6. The molecule has 0 fully saturated rings. The van der Waals surface area contributed by atoms with Crippen LogP contribution in [0.25, 0.3) is 0 Å². The van der Waals surface area contributed by atoms with Gasteiger partial charge in [0, 0.05) is 5.69 Å². The van der Waals surface area contributed by atoms with Crippen LogP contribution in [-0.2, 0) is 4.79 Å². The van der Waals surface area contributed by atoms with Gasteiger partial charge in [0.2, 0.25) is 0 Å². The van der Waals surface area contributed by atoms with Gasteiger partial charge in [0.15, 0.2) is 6.10 Å². The van der Waals surface area contributed by atoms with E-state index in [4.69, 9.17) is 10.5 Å². The number of aryl methyl sites for hydroxylation is 1. The van der Waals surface area contributed by atoms with Crippen LogP contribution in [0.2, 0.25) is 0 Å². The van der Waals surface area contributed by atoms with E-state index in [-0.39, 0.29) is 5.69 Å². The standard InChI is InChI=1S/C16H17FN2O2/c1-10-4-3-5-13(8-10)21-11(2)16(20)19-15-9-12(18)6-7-14(15)17/h3-9,11H,18H2,1-2H3,(H,19,20)/t11-/m0/s1. The van der Waals surface area contributed by atoms with Gasteiger partial charge in [-0.05, 0) is 49.7 Å². The fraction of sp³-hybridized carbons (Fsp3) is 0.188. The molecule has 0 saturated carbocycles. The molecule has 0 aromatic heterocycles. The highest BCUT2D eigenvalue weighted by Crippen LogP contribution is 2.19. The first kappa shape index (κ1) is 14.8. The number of nitrogens with one attached hydrogen (secondary N) is 1. The summed E-state index contributed by atoms with van der Waals surface area (Å²) in [6, 6.07) is 11.4. The number of hydrogen-bond acceptors (Lipinski definition) is 3. The number of halogens is 1. The number of ether oxygens (including phenoxy) is 1. The second-order valence-electron chi connectivity index (χ2n) is 4.81. The topological polar surface area (TPSA) is 64.3 Å². The highest BCUT2D eigenvalue weighted by Gasteiger charge is 2.16. The molecule has 2 rings (SSSR count). The van der Waals surface area contributed by atoms with Crippen molar-refractivity contribution in [1.29, 1.82) is 0 Å². The maximum Gasteiger partial charge on any atom is 0.265 e. The van der Waals surface area contributed by atoms with E-state index in [2.05, 4.69) is 5.32 Å². The molecular weight excluding hydrogens is 271 g/mol.